The van der Waals surface area contributed by atoms with Gasteiger partial charge in [-0.2, -0.15) is 0 Å². The molecule has 0 radical (unpaired) electrons. The predicted molar refractivity (Wildman–Crippen MR) is 129 cm³/mol. The number of aromatic nitrogens is 1. The van der Waals surface area contributed by atoms with E-state index in [1.165, 1.54) is 38.7 Å². The van der Waals surface area contributed by atoms with E-state index in [1.54, 1.807) is 6.20 Å². The van der Waals surface area contributed by atoms with Crippen LogP contribution in [0, 0.1) is 20.8 Å². The zero-order valence-corrected chi connectivity index (χ0v) is 19.1. The fourth-order valence-corrected chi connectivity index (χ4v) is 4.62. The van der Waals surface area contributed by atoms with E-state index < -0.39 is 0 Å². The van der Waals surface area contributed by atoms with Gasteiger partial charge >= 0.3 is 0 Å². The first-order valence-corrected chi connectivity index (χ1v) is 10.8. The molecule has 0 bridgehead atoms. The van der Waals surface area contributed by atoms with Crippen molar-refractivity contribution >= 4 is 27.8 Å². The lowest BCUT2D eigenvalue weighted by Crippen LogP contribution is -2.20. The maximum atomic E-state index is 6.28. The Balaban J connectivity index is 1.86. The van der Waals surface area contributed by atoms with Gasteiger partial charge in [-0.15, -0.1) is 0 Å². The Hall–Kier alpha value is -3.33. The number of hydrogen-bond donors (Lipinski definition) is 0. The Kier molecular flexibility index (Phi) is 4.33. The van der Waals surface area contributed by atoms with Crippen LogP contribution in [0.15, 0.2) is 60.8 Å². The van der Waals surface area contributed by atoms with Crippen molar-refractivity contribution in [3.8, 4) is 11.6 Å². The van der Waals surface area contributed by atoms with E-state index in [-0.39, 0.29) is 5.41 Å². The molecular formula is C28H28N2O. The van der Waals surface area contributed by atoms with Gasteiger partial charge in [-0.1, -0.05) is 57.2 Å². The van der Waals surface area contributed by atoms with Crippen LogP contribution in [0.25, 0.3) is 10.8 Å². The number of aryl methyl sites for hydroxylation is 3. The number of ether oxygens (including phenoxy) is 1. The molecule has 1 aromatic heterocycles. The molecule has 0 amide bonds. The number of nitrogens with zero attached hydrogens (tertiary/aromatic N) is 2. The molecule has 156 valence electrons. The van der Waals surface area contributed by atoms with Crippen molar-refractivity contribution in [2.75, 3.05) is 4.90 Å². The molecule has 0 saturated heterocycles. The summed E-state index contributed by atoms with van der Waals surface area (Å²) in [6, 6.07) is 19.4. The Labute approximate surface area is 184 Å². The minimum atomic E-state index is 0.0975. The zero-order chi connectivity index (χ0) is 21.9. The summed E-state index contributed by atoms with van der Waals surface area (Å²) in [5.74, 6) is 1.48. The summed E-state index contributed by atoms with van der Waals surface area (Å²) in [5.41, 5.74) is 8.44. The zero-order valence-electron chi connectivity index (χ0n) is 19.1. The SMILES string of the molecule is Cc1cc(C(C)(C)C)cc(C)c1N1c2cccnc2Oc2ccc3c(C)cccc3c21. The molecule has 1 aliphatic heterocycles. The van der Waals surface area contributed by atoms with Gasteiger partial charge in [-0.05, 0) is 72.0 Å². The third kappa shape index (κ3) is 3.07. The van der Waals surface area contributed by atoms with Crippen molar-refractivity contribution in [1.29, 1.82) is 0 Å². The summed E-state index contributed by atoms with van der Waals surface area (Å²) in [7, 11) is 0. The van der Waals surface area contributed by atoms with Gasteiger partial charge in [0.1, 0.15) is 5.69 Å². The lowest BCUT2D eigenvalue weighted by atomic mass is 9.84. The van der Waals surface area contributed by atoms with Crippen molar-refractivity contribution < 1.29 is 4.74 Å². The fourth-order valence-electron chi connectivity index (χ4n) is 4.62. The van der Waals surface area contributed by atoms with Gasteiger partial charge < -0.3 is 9.64 Å². The first kappa shape index (κ1) is 19.6. The van der Waals surface area contributed by atoms with Crippen LogP contribution in [0.4, 0.5) is 17.1 Å². The monoisotopic (exact) mass is 408 g/mol. The molecule has 0 fully saturated rings. The first-order chi connectivity index (χ1) is 14.8. The van der Waals surface area contributed by atoms with Crippen molar-refractivity contribution in [1.82, 2.24) is 4.98 Å². The standard InChI is InChI=1S/C28H28N2O/c1-17-9-7-10-22-21(17)12-13-24-26(22)30(23-11-8-14-29-27(23)31-24)25-18(2)15-20(16-19(25)3)28(4,5)6/h7-16H,1-6H3. The number of fused-ring (bicyclic) bond motifs is 4. The van der Waals surface area contributed by atoms with Gasteiger partial charge in [-0.3, -0.25) is 0 Å². The van der Waals surface area contributed by atoms with E-state index in [4.69, 9.17) is 4.74 Å². The summed E-state index contributed by atoms with van der Waals surface area (Å²) >= 11 is 0. The van der Waals surface area contributed by atoms with Crippen molar-refractivity contribution in [3.63, 3.8) is 0 Å². The second kappa shape index (κ2) is 6.84. The Morgan fingerprint density at radius 3 is 2.23 bits per heavy atom. The molecule has 0 aliphatic carbocycles. The van der Waals surface area contributed by atoms with Gasteiger partial charge in [0.2, 0.25) is 5.88 Å². The average Bonchev–Trinajstić information content (AvgIpc) is 2.72. The van der Waals surface area contributed by atoms with Crippen LogP contribution in [0.5, 0.6) is 11.6 Å². The summed E-state index contributed by atoms with van der Waals surface area (Å²) in [6.45, 7) is 13.4. The largest absolute Gasteiger partial charge is 0.435 e. The highest BCUT2D eigenvalue weighted by Crippen LogP contribution is 2.54. The lowest BCUT2D eigenvalue weighted by molar-refractivity contribution is 0.458. The third-order valence-corrected chi connectivity index (χ3v) is 6.22. The van der Waals surface area contributed by atoms with Gasteiger partial charge in [0.25, 0.3) is 0 Å². The van der Waals surface area contributed by atoms with E-state index in [0.29, 0.717) is 5.88 Å². The Morgan fingerprint density at radius 1 is 0.774 bits per heavy atom. The van der Waals surface area contributed by atoms with Crippen molar-refractivity contribution in [3.05, 3.63) is 83.0 Å². The highest BCUT2D eigenvalue weighted by Gasteiger charge is 2.31. The topological polar surface area (TPSA) is 25.4 Å². The number of anilines is 3. The molecular weight excluding hydrogens is 380 g/mol. The van der Waals surface area contributed by atoms with Crippen LogP contribution in [-0.2, 0) is 5.41 Å². The van der Waals surface area contributed by atoms with Gasteiger partial charge in [-0.25, -0.2) is 4.98 Å². The summed E-state index contributed by atoms with van der Waals surface area (Å²) in [6.07, 6.45) is 1.79. The maximum Gasteiger partial charge on any atom is 0.243 e. The second-order valence-electron chi connectivity index (χ2n) is 9.56. The van der Waals surface area contributed by atoms with Gasteiger partial charge in [0, 0.05) is 11.6 Å². The molecule has 5 rings (SSSR count). The molecule has 0 saturated carbocycles. The van der Waals surface area contributed by atoms with E-state index in [2.05, 4.69) is 100.0 Å². The molecule has 3 aromatic carbocycles. The Bertz CT molecular complexity index is 1310. The molecule has 2 heterocycles. The van der Waals surface area contributed by atoms with Crippen molar-refractivity contribution in [2.24, 2.45) is 0 Å². The number of benzene rings is 3. The van der Waals surface area contributed by atoms with Crippen molar-refractivity contribution in [2.45, 2.75) is 47.0 Å². The van der Waals surface area contributed by atoms with Crippen LogP contribution < -0.4 is 9.64 Å². The summed E-state index contributed by atoms with van der Waals surface area (Å²) < 4.78 is 6.28. The molecule has 0 unspecified atom stereocenters. The Morgan fingerprint density at radius 2 is 1.52 bits per heavy atom. The predicted octanol–water partition coefficient (Wildman–Crippen LogP) is 8.03. The normalized spacial score (nSPS) is 13.0. The highest BCUT2D eigenvalue weighted by molar-refractivity contribution is 6.05. The molecule has 4 aromatic rings. The fraction of sp³-hybridized carbons (Fsp3) is 0.250. The van der Waals surface area contributed by atoms with E-state index >= 15 is 0 Å². The first-order valence-electron chi connectivity index (χ1n) is 10.8. The molecule has 1 aliphatic rings. The van der Waals surface area contributed by atoms with Crippen LogP contribution in [0.1, 0.15) is 43.0 Å². The van der Waals surface area contributed by atoms with Crippen LogP contribution >= 0.6 is 0 Å². The number of rotatable bonds is 1. The molecule has 0 spiro atoms. The van der Waals surface area contributed by atoms with E-state index in [0.717, 1.165) is 17.1 Å². The smallest absolute Gasteiger partial charge is 0.243 e. The lowest BCUT2D eigenvalue weighted by Gasteiger charge is -2.35. The summed E-state index contributed by atoms with van der Waals surface area (Å²) in [4.78, 5) is 6.89. The average molecular weight is 409 g/mol. The third-order valence-electron chi connectivity index (χ3n) is 6.22. The quantitative estimate of drug-likeness (QED) is 0.281. The molecule has 3 nitrogen and oxygen atoms in total. The second-order valence-corrected chi connectivity index (χ2v) is 9.56. The van der Waals surface area contributed by atoms with Crippen LogP contribution in [0.2, 0.25) is 0 Å². The maximum absolute atomic E-state index is 6.28. The highest BCUT2D eigenvalue weighted by atomic mass is 16.5. The molecule has 0 atom stereocenters. The molecule has 3 heteroatoms. The minimum Gasteiger partial charge on any atom is -0.435 e. The minimum absolute atomic E-state index is 0.0975. The molecule has 31 heavy (non-hydrogen) atoms. The van der Waals surface area contributed by atoms with Crippen LogP contribution in [0.3, 0.4) is 0 Å². The number of hydrogen-bond acceptors (Lipinski definition) is 3. The van der Waals surface area contributed by atoms with Gasteiger partial charge in [0.15, 0.2) is 5.75 Å². The van der Waals surface area contributed by atoms with E-state index in [1.807, 2.05) is 6.07 Å². The summed E-state index contributed by atoms with van der Waals surface area (Å²) in [5, 5.41) is 2.43. The van der Waals surface area contributed by atoms with Crippen LogP contribution in [-0.4, -0.2) is 4.98 Å². The number of pyridine rings is 1. The van der Waals surface area contributed by atoms with Gasteiger partial charge in [0.05, 0.1) is 11.4 Å². The molecule has 0 N–H and O–H groups in total. The van der Waals surface area contributed by atoms with E-state index in [9.17, 15) is 0 Å².